The van der Waals surface area contributed by atoms with Crippen LogP contribution < -0.4 is 5.32 Å². The van der Waals surface area contributed by atoms with Crippen LogP contribution in [0.3, 0.4) is 0 Å². The van der Waals surface area contributed by atoms with Gasteiger partial charge in [-0.3, -0.25) is 4.79 Å². The zero-order valence-corrected chi connectivity index (χ0v) is 16.0. The molecule has 3 rings (SSSR count). The number of benzene rings is 1. The van der Waals surface area contributed by atoms with E-state index in [0.717, 1.165) is 12.8 Å². The third-order valence-corrected chi connectivity index (χ3v) is 7.40. The lowest BCUT2D eigenvalue weighted by Crippen LogP contribution is -2.48. The molecule has 0 atom stereocenters. The molecule has 2 fully saturated rings. The summed E-state index contributed by atoms with van der Waals surface area (Å²) in [5.74, 6) is -0.764. The van der Waals surface area contributed by atoms with Crippen LogP contribution in [-0.2, 0) is 21.5 Å². The standard InChI is InChI=1S/C17H23ClFN3O3S/c18-16-11-15(19)4-3-14(16)12-20-17(23)13-5-9-22(10-6-13)26(24,25)21-7-1-2-8-21/h3-4,11,13H,1-2,5-10,12H2,(H,20,23). The minimum absolute atomic E-state index is 0.122. The number of hydrogen-bond donors (Lipinski definition) is 1. The molecule has 2 aliphatic rings. The first-order valence-corrected chi connectivity index (χ1v) is 10.6. The van der Waals surface area contributed by atoms with Gasteiger partial charge in [-0.1, -0.05) is 17.7 Å². The first-order valence-electron chi connectivity index (χ1n) is 8.85. The van der Waals surface area contributed by atoms with Crippen LogP contribution in [0, 0.1) is 11.7 Å². The summed E-state index contributed by atoms with van der Waals surface area (Å²) in [7, 11) is -3.39. The summed E-state index contributed by atoms with van der Waals surface area (Å²) in [6.45, 7) is 2.11. The predicted octanol–water partition coefficient (Wildman–Crippen LogP) is 2.15. The van der Waals surface area contributed by atoms with Crippen LogP contribution in [0.5, 0.6) is 0 Å². The molecule has 1 N–H and O–H groups in total. The highest BCUT2D eigenvalue weighted by atomic mass is 35.5. The van der Waals surface area contributed by atoms with Gasteiger partial charge in [0, 0.05) is 43.7 Å². The Bertz CT molecular complexity index is 761. The molecule has 1 amide bonds. The van der Waals surface area contributed by atoms with Crippen LogP contribution in [0.2, 0.25) is 5.02 Å². The second-order valence-electron chi connectivity index (χ2n) is 6.74. The molecule has 0 aliphatic carbocycles. The molecule has 26 heavy (non-hydrogen) atoms. The SMILES string of the molecule is O=C(NCc1ccc(F)cc1Cl)C1CCN(S(=O)(=O)N2CCCC2)CC1. The Morgan fingerprint density at radius 1 is 1.15 bits per heavy atom. The number of nitrogens with zero attached hydrogens (tertiary/aromatic N) is 2. The highest BCUT2D eigenvalue weighted by molar-refractivity contribution is 7.86. The molecule has 2 heterocycles. The van der Waals surface area contributed by atoms with Gasteiger partial charge in [0.25, 0.3) is 10.2 Å². The number of rotatable bonds is 5. The molecule has 1 aromatic rings. The average Bonchev–Trinajstić information content (AvgIpc) is 3.16. The first kappa shape index (κ1) is 19.5. The molecule has 144 valence electrons. The quantitative estimate of drug-likeness (QED) is 0.818. The molecule has 1 aromatic carbocycles. The Morgan fingerprint density at radius 3 is 2.38 bits per heavy atom. The van der Waals surface area contributed by atoms with E-state index in [1.165, 1.54) is 20.7 Å². The largest absolute Gasteiger partial charge is 0.352 e. The molecular formula is C17H23ClFN3O3S. The van der Waals surface area contributed by atoms with Gasteiger partial charge in [0.2, 0.25) is 5.91 Å². The zero-order chi connectivity index (χ0) is 18.7. The van der Waals surface area contributed by atoms with Crippen molar-refractivity contribution in [2.24, 2.45) is 5.92 Å². The Balaban J connectivity index is 1.50. The monoisotopic (exact) mass is 403 g/mol. The van der Waals surface area contributed by atoms with E-state index >= 15 is 0 Å². The van der Waals surface area contributed by atoms with Gasteiger partial charge >= 0.3 is 0 Å². The maximum absolute atomic E-state index is 13.1. The van der Waals surface area contributed by atoms with E-state index in [4.69, 9.17) is 11.6 Å². The van der Waals surface area contributed by atoms with E-state index in [2.05, 4.69) is 5.32 Å². The van der Waals surface area contributed by atoms with Gasteiger partial charge in [0.05, 0.1) is 0 Å². The average molecular weight is 404 g/mol. The third-order valence-electron chi connectivity index (χ3n) is 5.01. The smallest absolute Gasteiger partial charge is 0.281 e. The van der Waals surface area contributed by atoms with Crippen molar-refractivity contribution in [2.45, 2.75) is 32.2 Å². The Kier molecular flexibility index (Phi) is 6.17. The third kappa shape index (κ3) is 4.36. The molecule has 9 heteroatoms. The fourth-order valence-electron chi connectivity index (χ4n) is 3.42. The van der Waals surface area contributed by atoms with Crippen molar-refractivity contribution < 1.29 is 17.6 Å². The molecular weight excluding hydrogens is 381 g/mol. The molecule has 0 spiro atoms. The lowest BCUT2D eigenvalue weighted by atomic mass is 9.97. The molecule has 0 unspecified atom stereocenters. The molecule has 0 saturated carbocycles. The van der Waals surface area contributed by atoms with Crippen LogP contribution in [-0.4, -0.2) is 49.1 Å². The van der Waals surface area contributed by atoms with Gasteiger partial charge < -0.3 is 5.32 Å². The molecule has 2 saturated heterocycles. The van der Waals surface area contributed by atoms with E-state index < -0.39 is 16.0 Å². The van der Waals surface area contributed by atoms with E-state index in [0.29, 0.717) is 44.6 Å². The lowest BCUT2D eigenvalue weighted by Gasteiger charge is -2.33. The molecule has 0 aromatic heterocycles. The van der Waals surface area contributed by atoms with Crippen molar-refractivity contribution in [1.29, 1.82) is 0 Å². The maximum Gasteiger partial charge on any atom is 0.281 e. The van der Waals surface area contributed by atoms with Crippen LogP contribution >= 0.6 is 11.6 Å². The normalized spacial score (nSPS) is 20.4. The molecule has 0 bridgehead atoms. The number of amides is 1. The van der Waals surface area contributed by atoms with Crippen LogP contribution in [0.15, 0.2) is 18.2 Å². The Morgan fingerprint density at radius 2 is 1.77 bits per heavy atom. The Hall–Kier alpha value is -1.22. The highest BCUT2D eigenvalue weighted by Gasteiger charge is 2.35. The number of halogens is 2. The summed E-state index contributed by atoms with van der Waals surface area (Å²) in [6.07, 6.45) is 2.81. The second kappa shape index (κ2) is 8.21. The van der Waals surface area contributed by atoms with Gasteiger partial charge in [-0.25, -0.2) is 4.39 Å². The number of carbonyl (C=O) groups excluding carboxylic acids is 1. The summed E-state index contributed by atoms with van der Waals surface area (Å²) in [5, 5.41) is 3.09. The van der Waals surface area contributed by atoms with Crippen LogP contribution in [0.4, 0.5) is 4.39 Å². The van der Waals surface area contributed by atoms with E-state index in [9.17, 15) is 17.6 Å². The molecule has 6 nitrogen and oxygen atoms in total. The zero-order valence-electron chi connectivity index (χ0n) is 14.5. The molecule has 2 aliphatic heterocycles. The lowest BCUT2D eigenvalue weighted by molar-refractivity contribution is -0.126. The van der Waals surface area contributed by atoms with Gasteiger partial charge in [0.15, 0.2) is 0 Å². The van der Waals surface area contributed by atoms with Crippen molar-refractivity contribution >= 4 is 27.7 Å². The van der Waals surface area contributed by atoms with E-state index in [1.807, 2.05) is 0 Å². The maximum atomic E-state index is 13.1. The fourth-order valence-corrected chi connectivity index (χ4v) is 5.38. The van der Waals surface area contributed by atoms with Gasteiger partial charge in [-0.05, 0) is 43.4 Å². The van der Waals surface area contributed by atoms with Crippen LogP contribution in [0.1, 0.15) is 31.2 Å². The van der Waals surface area contributed by atoms with Crippen molar-refractivity contribution in [2.75, 3.05) is 26.2 Å². The number of piperidine rings is 1. The first-order chi connectivity index (χ1) is 12.4. The summed E-state index contributed by atoms with van der Waals surface area (Å²) in [5.41, 5.74) is 0.649. The topological polar surface area (TPSA) is 69.7 Å². The minimum atomic E-state index is -3.39. The summed E-state index contributed by atoms with van der Waals surface area (Å²) >= 11 is 5.96. The van der Waals surface area contributed by atoms with E-state index in [1.54, 1.807) is 6.07 Å². The highest BCUT2D eigenvalue weighted by Crippen LogP contribution is 2.24. The number of carbonyl (C=O) groups is 1. The predicted molar refractivity (Wildman–Crippen MR) is 97.3 cm³/mol. The van der Waals surface area contributed by atoms with Gasteiger partial charge in [-0.15, -0.1) is 0 Å². The van der Waals surface area contributed by atoms with E-state index in [-0.39, 0.29) is 23.4 Å². The number of hydrogen-bond acceptors (Lipinski definition) is 3. The van der Waals surface area contributed by atoms with Crippen LogP contribution in [0.25, 0.3) is 0 Å². The minimum Gasteiger partial charge on any atom is -0.352 e. The van der Waals surface area contributed by atoms with Crippen molar-refractivity contribution in [3.8, 4) is 0 Å². The van der Waals surface area contributed by atoms with Gasteiger partial charge in [-0.2, -0.15) is 17.0 Å². The summed E-state index contributed by atoms with van der Waals surface area (Å²) in [4.78, 5) is 12.4. The second-order valence-corrected chi connectivity index (χ2v) is 9.08. The molecule has 0 radical (unpaired) electrons. The summed E-state index contributed by atoms with van der Waals surface area (Å²) in [6, 6.07) is 4.06. The fraction of sp³-hybridized carbons (Fsp3) is 0.588. The number of nitrogens with one attached hydrogen (secondary N) is 1. The van der Waals surface area contributed by atoms with Crippen molar-refractivity contribution in [3.05, 3.63) is 34.6 Å². The van der Waals surface area contributed by atoms with Gasteiger partial charge in [0.1, 0.15) is 5.82 Å². The van der Waals surface area contributed by atoms with Crippen molar-refractivity contribution in [3.63, 3.8) is 0 Å². The van der Waals surface area contributed by atoms with Crippen molar-refractivity contribution in [1.82, 2.24) is 13.9 Å². The Labute approximate surface area is 158 Å². The summed E-state index contributed by atoms with van der Waals surface area (Å²) < 4.78 is 41.2.